The number of carboxylic acid groups (broad SMARTS) is 2. The summed E-state index contributed by atoms with van der Waals surface area (Å²) in [5, 5.41) is 17.0. The highest BCUT2D eigenvalue weighted by atomic mass is 19.4. The zero-order valence-corrected chi connectivity index (χ0v) is 7.45. The lowest BCUT2D eigenvalue weighted by Gasteiger charge is -2.07. The van der Waals surface area contributed by atoms with Gasteiger partial charge in [-0.1, -0.05) is 0 Å². The topological polar surface area (TPSA) is 87.5 Å². The molecule has 5 nitrogen and oxygen atoms in total. The Morgan fingerprint density at radius 3 is 2.12 bits per heavy atom. The highest BCUT2D eigenvalue weighted by Gasteiger charge is 2.33. The first-order chi connectivity index (χ1) is 7.23. The van der Waals surface area contributed by atoms with Crippen molar-refractivity contribution in [3.63, 3.8) is 0 Å². The van der Waals surface area contributed by atoms with Crippen molar-refractivity contribution < 1.29 is 33.0 Å². The summed E-state index contributed by atoms with van der Waals surface area (Å²) >= 11 is 0. The minimum absolute atomic E-state index is 0.235. The predicted molar refractivity (Wildman–Crippen MR) is 43.2 cm³/mol. The van der Waals surface area contributed by atoms with Crippen LogP contribution in [0.25, 0.3) is 0 Å². The third-order valence-electron chi connectivity index (χ3n) is 1.65. The average molecular weight is 235 g/mol. The fourth-order valence-electron chi connectivity index (χ4n) is 0.953. The molecule has 1 aromatic rings. The van der Waals surface area contributed by atoms with E-state index in [4.69, 9.17) is 10.2 Å². The molecule has 1 aromatic heterocycles. The average Bonchev–Trinajstić information content (AvgIpc) is 2.15. The second kappa shape index (κ2) is 3.80. The molecule has 86 valence electrons. The van der Waals surface area contributed by atoms with Crippen LogP contribution >= 0.6 is 0 Å². The Kier molecular flexibility index (Phi) is 2.84. The Bertz CT molecular complexity index is 455. The molecule has 0 unspecified atom stereocenters. The Balaban J connectivity index is 3.40. The number of halogens is 3. The van der Waals surface area contributed by atoms with Crippen molar-refractivity contribution in [2.45, 2.75) is 6.18 Å². The Morgan fingerprint density at radius 2 is 1.75 bits per heavy atom. The number of pyridine rings is 1. The van der Waals surface area contributed by atoms with E-state index in [9.17, 15) is 22.8 Å². The van der Waals surface area contributed by atoms with Gasteiger partial charge in [0.2, 0.25) is 0 Å². The van der Waals surface area contributed by atoms with Gasteiger partial charge in [0.25, 0.3) is 0 Å². The van der Waals surface area contributed by atoms with Crippen LogP contribution in [-0.4, -0.2) is 27.1 Å². The SMILES string of the molecule is O=C(O)c1cc(C(F)(F)F)cnc1C(=O)O. The molecule has 0 aliphatic carbocycles. The zero-order chi connectivity index (χ0) is 12.5. The summed E-state index contributed by atoms with van der Waals surface area (Å²) in [6.07, 6.45) is -4.50. The van der Waals surface area contributed by atoms with Crippen molar-refractivity contribution in [2.24, 2.45) is 0 Å². The van der Waals surface area contributed by atoms with Crippen molar-refractivity contribution in [3.8, 4) is 0 Å². The number of hydrogen-bond acceptors (Lipinski definition) is 3. The van der Waals surface area contributed by atoms with E-state index in [1.54, 1.807) is 0 Å². The normalized spacial score (nSPS) is 11.2. The van der Waals surface area contributed by atoms with Gasteiger partial charge in [0.15, 0.2) is 5.69 Å². The maximum Gasteiger partial charge on any atom is 0.417 e. The van der Waals surface area contributed by atoms with Crippen molar-refractivity contribution in [1.82, 2.24) is 4.98 Å². The van der Waals surface area contributed by atoms with Gasteiger partial charge in [-0.2, -0.15) is 13.2 Å². The molecule has 0 saturated carbocycles. The molecule has 0 amide bonds. The third kappa shape index (κ3) is 2.27. The van der Waals surface area contributed by atoms with Crippen LogP contribution < -0.4 is 0 Å². The number of rotatable bonds is 2. The van der Waals surface area contributed by atoms with Gasteiger partial charge in [0.05, 0.1) is 11.1 Å². The maximum atomic E-state index is 12.2. The molecule has 0 atom stereocenters. The number of carbonyl (C=O) groups is 2. The number of hydrogen-bond donors (Lipinski definition) is 2. The summed E-state index contributed by atoms with van der Waals surface area (Å²) in [6, 6.07) is 0.235. The monoisotopic (exact) mass is 235 g/mol. The predicted octanol–water partition coefficient (Wildman–Crippen LogP) is 1.50. The number of aromatic carboxylic acids is 2. The molecule has 0 aromatic carbocycles. The fraction of sp³-hybridized carbons (Fsp3) is 0.125. The Hall–Kier alpha value is -2.12. The molecule has 16 heavy (non-hydrogen) atoms. The number of nitrogens with zero attached hydrogens (tertiary/aromatic N) is 1. The molecule has 1 heterocycles. The van der Waals surface area contributed by atoms with E-state index in [1.165, 1.54) is 0 Å². The van der Waals surface area contributed by atoms with Crippen molar-refractivity contribution >= 4 is 11.9 Å². The molecule has 0 radical (unpaired) electrons. The van der Waals surface area contributed by atoms with Gasteiger partial charge in [0.1, 0.15) is 0 Å². The van der Waals surface area contributed by atoms with Crippen LogP contribution in [-0.2, 0) is 6.18 Å². The molecule has 0 aliphatic rings. The van der Waals surface area contributed by atoms with Crippen LogP contribution in [0.5, 0.6) is 0 Å². The van der Waals surface area contributed by atoms with Crippen LogP contribution in [0, 0.1) is 0 Å². The fourth-order valence-corrected chi connectivity index (χ4v) is 0.953. The van der Waals surface area contributed by atoms with E-state index in [1.807, 2.05) is 0 Å². The lowest BCUT2D eigenvalue weighted by Crippen LogP contribution is -2.14. The summed E-state index contributed by atoms with van der Waals surface area (Å²) in [6.45, 7) is 0. The van der Waals surface area contributed by atoms with E-state index in [0.717, 1.165) is 0 Å². The van der Waals surface area contributed by atoms with E-state index in [-0.39, 0.29) is 12.3 Å². The van der Waals surface area contributed by atoms with Crippen molar-refractivity contribution in [1.29, 1.82) is 0 Å². The first kappa shape index (κ1) is 12.0. The smallest absolute Gasteiger partial charge is 0.417 e. The number of alkyl halides is 3. The second-order valence-corrected chi connectivity index (χ2v) is 2.73. The first-order valence-electron chi connectivity index (χ1n) is 3.77. The Labute approximate surface area is 86.2 Å². The zero-order valence-electron chi connectivity index (χ0n) is 7.45. The van der Waals surface area contributed by atoms with Crippen LogP contribution in [0.1, 0.15) is 26.4 Å². The van der Waals surface area contributed by atoms with Gasteiger partial charge in [-0.3, -0.25) is 0 Å². The molecule has 0 spiro atoms. The molecular weight excluding hydrogens is 231 g/mol. The van der Waals surface area contributed by atoms with E-state index in [0.29, 0.717) is 0 Å². The summed E-state index contributed by atoms with van der Waals surface area (Å²) < 4.78 is 36.6. The highest BCUT2D eigenvalue weighted by Crippen LogP contribution is 2.29. The molecular formula is C8H4F3NO4. The quantitative estimate of drug-likeness (QED) is 0.810. The van der Waals surface area contributed by atoms with E-state index in [2.05, 4.69) is 4.98 Å². The molecule has 0 aliphatic heterocycles. The van der Waals surface area contributed by atoms with Crippen LogP contribution in [0.2, 0.25) is 0 Å². The maximum absolute atomic E-state index is 12.2. The number of carboxylic acids is 2. The minimum Gasteiger partial charge on any atom is -0.478 e. The van der Waals surface area contributed by atoms with Gasteiger partial charge < -0.3 is 10.2 Å². The highest BCUT2D eigenvalue weighted by molar-refractivity contribution is 6.00. The molecule has 1 rings (SSSR count). The van der Waals surface area contributed by atoms with Crippen LogP contribution in [0.4, 0.5) is 13.2 Å². The molecule has 8 heteroatoms. The summed E-state index contributed by atoms with van der Waals surface area (Å²) in [7, 11) is 0. The van der Waals surface area contributed by atoms with E-state index >= 15 is 0 Å². The van der Waals surface area contributed by atoms with Gasteiger partial charge in [-0.05, 0) is 6.07 Å². The molecule has 0 bridgehead atoms. The lowest BCUT2D eigenvalue weighted by atomic mass is 10.1. The summed E-state index contributed by atoms with van der Waals surface area (Å²) in [4.78, 5) is 24.0. The summed E-state index contributed by atoms with van der Waals surface area (Å²) in [5.74, 6) is -3.48. The standard InChI is InChI=1S/C8H4F3NO4/c9-8(10,11)3-1-4(6(13)14)5(7(15)16)12-2-3/h1-2H,(H,13,14)(H,15,16). The lowest BCUT2D eigenvalue weighted by molar-refractivity contribution is -0.137. The van der Waals surface area contributed by atoms with Crippen molar-refractivity contribution in [3.05, 3.63) is 29.1 Å². The third-order valence-corrected chi connectivity index (χ3v) is 1.65. The first-order valence-corrected chi connectivity index (χ1v) is 3.77. The Morgan fingerprint density at radius 1 is 1.19 bits per heavy atom. The number of aromatic nitrogens is 1. The molecule has 0 fully saturated rings. The second-order valence-electron chi connectivity index (χ2n) is 2.73. The van der Waals surface area contributed by atoms with Gasteiger partial charge in [-0.15, -0.1) is 0 Å². The van der Waals surface area contributed by atoms with Crippen LogP contribution in [0.15, 0.2) is 12.3 Å². The molecule has 2 N–H and O–H groups in total. The van der Waals surface area contributed by atoms with Gasteiger partial charge >= 0.3 is 18.1 Å². The largest absolute Gasteiger partial charge is 0.478 e. The minimum atomic E-state index is -4.77. The van der Waals surface area contributed by atoms with Gasteiger partial charge in [0, 0.05) is 6.20 Å². The van der Waals surface area contributed by atoms with E-state index < -0.39 is 34.9 Å². The van der Waals surface area contributed by atoms with Crippen LogP contribution in [0.3, 0.4) is 0 Å². The summed E-state index contributed by atoms with van der Waals surface area (Å²) in [5.41, 5.74) is -3.24. The van der Waals surface area contributed by atoms with Crippen molar-refractivity contribution in [2.75, 3.05) is 0 Å². The van der Waals surface area contributed by atoms with Gasteiger partial charge in [-0.25, -0.2) is 14.6 Å². The molecule has 0 saturated heterocycles.